The van der Waals surface area contributed by atoms with E-state index in [1.165, 1.54) is 38.5 Å². The summed E-state index contributed by atoms with van der Waals surface area (Å²) < 4.78 is 0. The van der Waals surface area contributed by atoms with Gasteiger partial charge in [-0.15, -0.1) is 0 Å². The Morgan fingerprint density at radius 3 is 2.60 bits per heavy atom. The van der Waals surface area contributed by atoms with Gasteiger partial charge >= 0.3 is 0 Å². The lowest BCUT2D eigenvalue weighted by molar-refractivity contribution is 0.0934. The molecule has 6 heteroatoms. The highest BCUT2D eigenvalue weighted by Gasteiger charge is 2.20. The van der Waals surface area contributed by atoms with Crippen LogP contribution < -0.4 is 10.2 Å². The molecule has 1 N–H and O–H groups in total. The predicted molar refractivity (Wildman–Crippen MR) is 121 cm³/mol. The van der Waals surface area contributed by atoms with Gasteiger partial charge in [-0.05, 0) is 56.8 Å². The number of nitrogens with zero attached hydrogens (tertiary/aromatic N) is 4. The molecule has 160 valence electrons. The van der Waals surface area contributed by atoms with Gasteiger partial charge in [-0.1, -0.05) is 25.5 Å². The molecule has 1 aromatic carbocycles. The molecular weight excluding hydrogens is 374 g/mol. The Morgan fingerprint density at radius 1 is 1.07 bits per heavy atom. The van der Waals surface area contributed by atoms with E-state index in [9.17, 15) is 4.79 Å². The first-order valence-corrected chi connectivity index (χ1v) is 11.5. The molecule has 1 unspecified atom stereocenters. The van der Waals surface area contributed by atoms with Crippen molar-refractivity contribution in [1.82, 2.24) is 20.2 Å². The quantitative estimate of drug-likeness (QED) is 0.758. The van der Waals surface area contributed by atoms with Gasteiger partial charge in [0.25, 0.3) is 5.91 Å². The van der Waals surface area contributed by atoms with Crippen molar-refractivity contribution in [2.45, 2.75) is 51.5 Å². The van der Waals surface area contributed by atoms with Gasteiger partial charge in [-0.2, -0.15) is 0 Å². The van der Waals surface area contributed by atoms with Gasteiger partial charge in [0, 0.05) is 49.5 Å². The van der Waals surface area contributed by atoms with E-state index < -0.39 is 0 Å². The number of hydrogen-bond donors (Lipinski definition) is 1. The lowest BCUT2D eigenvalue weighted by atomic mass is 10.0. The number of rotatable bonds is 7. The van der Waals surface area contributed by atoms with E-state index in [0.29, 0.717) is 18.2 Å². The highest BCUT2D eigenvalue weighted by atomic mass is 16.1. The summed E-state index contributed by atoms with van der Waals surface area (Å²) in [4.78, 5) is 26.5. The second-order valence-corrected chi connectivity index (χ2v) is 8.36. The first kappa shape index (κ1) is 20.8. The third kappa shape index (κ3) is 4.98. The number of hydrogen-bond acceptors (Lipinski definition) is 5. The molecule has 0 radical (unpaired) electrons. The van der Waals surface area contributed by atoms with Crippen LogP contribution in [-0.4, -0.2) is 59.5 Å². The maximum absolute atomic E-state index is 12.6. The Hall–Kier alpha value is -2.47. The number of carbonyl (C=O) groups excluding carboxylic acids is 1. The number of likely N-dealkylation sites (tertiary alicyclic amines) is 1. The molecule has 2 aliphatic heterocycles. The molecule has 3 heterocycles. The Balaban J connectivity index is 1.33. The molecule has 0 spiro atoms. The fraction of sp³-hybridized carbons (Fsp3) is 0.542. The summed E-state index contributed by atoms with van der Waals surface area (Å²) in [6, 6.07) is 10.3. The fourth-order valence-corrected chi connectivity index (χ4v) is 4.60. The SMILES string of the molecule is CCC1CCCCN1CCNC(=O)c1ccc(-c2ccnc(N3CCCC3)n2)cc1. The topological polar surface area (TPSA) is 61.4 Å². The summed E-state index contributed by atoms with van der Waals surface area (Å²) in [5.74, 6) is 0.793. The van der Waals surface area contributed by atoms with E-state index in [-0.39, 0.29) is 5.91 Å². The normalized spacial score (nSPS) is 19.8. The van der Waals surface area contributed by atoms with Crippen LogP contribution in [0.15, 0.2) is 36.5 Å². The van der Waals surface area contributed by atoms with Crippen LogP contribution in [0.25, 0.3) is 11.3 Å². The van der Waals surface area contributed by atoms with Gasteiger partial charge in [-0.3, -0.25) is 9.69 Å². The summed E-state index contributed by atoms with van der Waals surface area (Å²) in [5, 5.41) is 3.08. The van der Waals surface area contributed by atoms with Crippen LogP contribution in [0.5, 0.6) is 0 Å². The van der Waals surface area contributed by atoms with Crippen LogP contribution in [0.2, 0.25) is 0 Å². The minimum atomic E-state index is -0.00736. The van der Waals surface area contributed by atoms with Crippen molar-refractivity contribution in [3.63, 3.8) is 0 Å². The monoisotopic (exact) mass is 407 g/mol. The Labute approximate surface area is 179 Å². The Kier molecular flexibility index (Phi) is 6.95. The molecule has 0 aliphatic carbocycles. The molecular formula is C24H33N5O. The van der Waals surface area contributed by atoms with Crippen LogP contribution in [0.4, 0.5) is 5.95 Å². The van der Waals surface area contributed by atoms with Crippen molar-refractivity contribution < 1.29 is 4.79 Å². The Morgan fingerprint density at radius 2 is 1.83 bits per heavy atom. The van der Waals surface area contributed by atoms with E-state index in [4.69, 9.17) is 4.98 Å². The molecule has 6 nitrogen and oxygen atoms in total. The van der Waals surface area contributed by atoms with E-state index in [0.717, 1.165) is 43.4 Å². The molecule has 2 aliphatic rings. The van der Waals surface area contributed by atoms with E-state index in [1.54, 1.807) is 0 Å². The number of anilines is 1. The average Bonchev–Trinajstić information content (AvgIpc) is 3.35. The van der Waals surface area contributed by atoms with Gasteiger partial charge in [0.1, 0.15) is 0 Å². The molecule has 2 fully saturated rings. The van der Waals surface area contributed by atoms with Crippen molar-refractivity contribution in [3.05, 3.63) is 42.1 Å². The highest BCUT2D eigenvalue weighted by molar-refractivity contribution is 5.94. The second-order valence-electron chi connectivity index (χ2n) is 8.36. The number of amides is 1. The van der Waals surface area contributed by atoms with Crippen LogP contribution in [0.1, 0.15) is 55.8 Å². The molecule has 1 aromatic heterocycles. The molecule has 30 heavy (non-hydrogen) atoms. The summed E-state index contributed by atoms with van der Waals surface area (Å²) in [7, 11) is 0. The van der Waals surface area contributed by atoms with E-state index in [2.05, 4.69) is 27.0 Å². The molecule has 4 rings (SSSR count). The largest absolute Gasteiger partial charge is 0.351 e. The maximum atomic E-state index is 12.6. The number of nitrogens with one attached hydrogen (secondary N) is 1. The highest BCUT2D eigenvalue weighted by Crippen LogP contribution is 2.22. The lowest BCUT2D eigenvalue weighted by Gasteiger charge is -2.35. The molecule has 2 aromatic rings. The smallest absolute Gasteiger partial charge is 0.251 e. The van der Waals surface area contributed by atoms with E-state index in [1.807, 2.05) is 36.5 Å². The third-order valence-electron chi connectivity index (χ3n) is 6.38. The van der Waals surface area contributed by atoms with Crippen LogP contribution in [-0.2, 0) is 0 Å². The molecule has 1 amide bonds. The van der Waals surface area contributed by atoms with Crippen LogP contribution in [0.3, 0.4) is 0 Å². The zero-order valence-electron chi connectivity index (χ0n) is 18.0. The van der Waals surface area contributed by atoms with Crippen molar-refractivity contribution in [2.24, 2.45) is 0 Å². The molecule has 0 saturated carbocycles. The Bertz CT molecular complexity index is 832. The van der Waals surface area contributed by atoms with Gasteiger partial charge in [0.15, 0.2) is 0 Å². The van der Waals surface area contributed by atoms with Crippen molar-refractivity contribution in [1.29, 1.82) is 0 Å². The first-order chi connectivity index (χ1) is 14.7. The molecule has 1 atom stereocenters. The number of aromatic nitrogens is 2. The number of benzene rings is 1. The van der Waals surface area contributed by atoms with Crippen molar-refractivity contribution >= 4 is 11.9 Å². The van der Waals surface area contributed by atoms with Gasteiger partial charge in [0.05, 0.1) is 5.69 Å². The van der Waals surface area contributed by atoms with Crippen molar-refractivity contribution in [2.75, 3.05) is 37.6 Å². The van der Waals surface area contributed by atoms with Crippen LogP contribution >= 0.6 is 0 Å². The average molecular weight is 408 g/mol. The second kappa shape index (κ2) is 10.0. The first-order valence-electron chi connectivity index (χ1n) is 11.5. The predicted octanol–water partition coefficient (Wildman–Crippen LogP) is 3.74. The van der Waals surface area contributed by atoms with Crippen LogP contribution in [0, 0.1) is 0 Å². The summed E-state index contributed by atoms with van der Waals surface area (Å²) in [6.07, 6.45) is 9.31. The maximum Gasteiger partial charge on any atom is 0.251 e. The summed E-state index contributed by atoms with van der Waals surface area (Å²) in [5.41, 5.74) is 2.60. The van der Waals surface area contributed by atoms with Crippen molar-refractivity contribution in [3.8, 4) is 11.3 Å². The van der Waals surface area contributed by atoms with Gasteiger partial charge in [-0.25, -0.2) is 9.97 Å². The summed E-state index contributed by atoms with van der Waals surface area (Å²) >= 11 is 0. The summed E-state index contributed by atoms with van der Waals surface area (Å²) in [6.45, 7) is 7.10. The third-order valence-corrected chi connectivity index (χ3v) is 6.38. The number of carbonyl (C=O) groups is 1. The zero-order valence-corrected chi connectivity index (χ0v) is 18.0. The van der Waals surface area contributed by atoms with E-state index >= 15 is 0 Å². The van der Waals surface area contributed by atoms with Gasteiger partial charge in [0.2, 0.25) is 5.95 Å². The van der Waals surface area contributed by atoms with Gasteiger partial charge < -0.3 is 10.2 Å². The minimum absolute atomic E-state index is 0.00736. The minimum Gasteiger partial charge on any atom is -0.351 e. The fourth-order valence-electron chi connectivity index (χ4n) is 4.60. The molecule has 2 saturated heterocycles. The molecule has 0 bridgehead atoms. The zero-order chi connectivity index (χ0) is 20.8. The standard InChI is InChI=1S/C24H33N5O/c1-2-21-7-3-4-15-28(21)18-14-25-23(30)20-10-8-19(9-11-20)22-12-13-26-24(27-22)29-16-5-6-17-29/h8-13,21H,2-7,14-18H2,1H3,(H,25,30). The lowest BCUT2D eigenvalue weighted by Crippen LogP contribution is -2.43. The number of piperidine rings is 1.